The van der Waals surface area contributed by atoms with Gasteiger partial charge < -0.3 is 20.6 Å². The molecule has 1 unspecified atom stereocenters. The molecule has 1 saturated heterocycles. The van der Waals surface area contributed by atoms with Crippen molar-refractivity contribution in [3.8, 4) is 22.0 Å². The molecule has 1 aromatic carbocycles. The van der Waals surface area contributed by atoms with Crippen molar-refractivity contribution in [2.45, 2.75) is 32.4 Å². The van der Waals surface area contributed by atoms with Crippen molar-refractivity contribution in [3.63, 3.8) is 0 Å². The molecule has 3 N–H and O–H groups in total. The first-order chi connectivity index (χ1) is 18.7. The number of nitrogens with zero attached hydrogens (tertiary/aromatic N) is 6. The first-order valence-electron chi connectivity index (χ1n) is 12.6. The monoisotopic (exact) mass is 546 g/mol. The van der Waals surface area contributed by atoms with Crippen molar-refractivity contribution < 1.29 is 14.7 Å². The summed E-state index contributed by atoms with van der Waals surface area (Å²) < 4.78 is 1.74. The summed E-state index contributed by atoms with van der Waals surface area (Å²) in [6, 6.07) is 10.8. The zero-order chi connectivity index (χ0) is 27.7. The number of amides is 2. The van der Waals surface area contributed by atoms with Crippen molar-refractivity contribution in [2.75, 3.05) is 26.0 Å². The third-order valence-corrected chi connectivity index (χ3v) is 7.43. The number of hydrogen-bond donors (Lipinski definition) is 3. The Kier molecular flexibility index (Phi) is 7.15. The summed E-state index contributed by atoms with van der Waals surface area (Å²) in [5.74, 6) is 0.711. The Bertz CT molecular complexity index is 1530. The Labute approximate surface area is 229 Å². The van der Waals surface area contributed by atoms with Crippen molar-refractivity contribution in [1.29, 1.82) is 0 Å². The Morgan fingerprint density at radius 2 is 2.03 bits per heavy atom. The molecule has 0 spiro atoms. The lowest BCUT2D eigenvalue weighted by Crippen LogP contribution is -2.36. The molecule has 1 aliphatic rings. The maximum atomic E-state index is 12.6. The number of carbonyl (C=O) groups is 2. The molecule has 0 saturated carbocycles. The van der Waals surface area contributed by atoms with Gasteiger partial charge in [-0.25, -0.2) is 19.6 Å². The number of benzene rings is 1. The second-order valence-corrected chi connectivity index (χ2v) is 10.8. The second-order valence-electron chi connectivity index (χ2n) is 9.92. The summed E-state index contributed by atoms with van der Waals surface area (Å²) in [6.07, 6.45) is 2.00. The van der Waals surface area contributed by atoms with E-state index in [4.69, 9.17) is 4.98 Å². The molecule has 4 aromatic rings. The van der Waals surface area contributed by atoms with Gasteiger partial charge in [-0.05, 0) is 23.6 Å². The number of rotatable bonds is 8. The van der Waals surface area contributed by atoms with Gasteiger partial charge >= 0.3 is 0 Å². The first kappa shape index (κ1) is 26.4. The summed E-state index contributed by atoms with van der Waals surface area (Å²) in [6.45, 7) is 5.27. The minimum Gasteiger partial charge on any atom is -0.375 e. The van der Waals surface area contributed by atoms with Crippen molar-refractivity contribution >= 4 is 34.9 Å². The molecule has 1 aliphatic heterocycles. The summed E-state index contributed by atoms with van der Waals surface area (Å²) >= 11 is 1.45. The zero-order valence-electron chi connectivity index (χ0n) is 22.2. The van der Waals surface area contributed by atoms with Crippen molar-refractivity contribution in [3.05, 3.63) is 59.2 Å². The van der Waals surface area contributed by atoms with Crippen molar-refractivity contribution in [1.82, 2.24) is 34.9 Å². The molecule has 1 atom stereocenters. The molecule has 12 heteroatoms. The zero-order valence-corrected chi connectivity index (χ0v) is 23.0. The van der Waals surface area contributed by atoms with Gasteiger partial charge in [0.15, 0.2) is 11.3 Å². The van der Waals surface area contributed by atoms with E-state index in [-0.39, 0.29) is 11.8 Å². The number of hydrogen-bond acceptors (Lipinski definition) is 9. The van der Waals surface area contributed by atoms with Crippen LogP contribution in [0, 0.1) is 5.92 Å². The number of aromatic nitrogens is 5. The van der Waals surface area contributed by atoms with Gasteiger partial charge in [-0.3, -0.25) is 9.59 Å². The molecule has 11 nitrogen and oxygen atoms in total. The van der Waals surface area contributed by atoms with Gasteiger partial charge in [0.25, 0.3) is 11.8 Å². The minimum absolute atomic E-state index is 0.272. The van der Waals surface area contributed by atoms with E-state index in [2.05, 4.69) is 39.5 Å². The maximum Gasteiger partial charge on any atom is 0.271 e. The van der Waals surface area contributed by atoms with Crippen LogP contribution in [0.3, 0.4) is 0 Å². The number of aliphatic hydroxyl groups is 1. The van der Waals surface area contributed by atoms with Gasteiger partial charge in [0.05, 0.1) is 5.69 Å². The Morgan fingerprint density at radius 1 is 1.21 bits per heavy atom. The summed E-state index contributed by atoms with van der Waals surface area (Å²) in [5, 5.41) is 23.9. The van der Waals surface area contributed by atoms with Crippen LogP contribution in [-0.4, -0.2) is 67.2 Å². The van der Waals surface area contributed by atoms with E-state index in [1.54, 1.807) is 48.1 Å². The lowest BCUT2D eigenvalue weighted by molar-refractivity contribution is -0.143. The van der Waals surface area contributed by atoms with E-state index < -0.39 is 5.60 Å². The van der Waals surface area contributed by atoms with Gasteiger partial charge in [0.2, 0.25) is 5.95 Å². The Balaban J connectivity index is 1.40. The molecule has 1 fully saturated rings. The van der Waals surface area contributed by atoms with Gasteiger partial charge in [0, 0.05) is 56.8 Å². The van der Waals surface area contributed by atoms with Crippen LogP contribution in [0.15, 0.2) is 48.0 Å². The molecule has 0 radical (unpaired) electrons. The lowest BCUT2D eigenvalue weighted by atomic mass is 9.91. The van der Waals surface area contributed by atoms with Gasteiger partial charge in [-0.1, -0.05) is 32.0 Å². The van der Waals surface area contributed by atoms with Gasteiger partial charge in [0.1, 0.15) is 16.5 Å². The highest BCUT2D eigenvalue weighted by molar-refractivity contribution is 7.13. The van der Waals surface area contributed by atoms with Crippen LogP contribution in [0.4, 0.5) is 11.8 Å². The standard InChI is InChI=1S/C27H30N8O3S/c1-16(2)14-35-22(13-20(33-35)23(36)28-3)32-26-29-10-8-19(31-26)21-15-39-24(30-21)17-6-5-7-18(12-17)27(38)9-11-34(4)25(27)37/h5-8,10,12-13,15-16,38H,9,11,14H2,1-4H3,(H,28,36)(H,29,31,32). The van der Waals surface area contributed by atoms with Crippen LogP contribution >= 0.6 is 11.3 Å². The molecule has 3 aromatic heterocycles. The van der Waals surface area contributed by atoms with E-state index in [1.807, 2.05) is 23.6 Å². The van der Waals surface area contributed by atoms with Crippen molar-refractivity contribution in [2.24, 2.45) is 5.92 Å². The van der Waals surface area contributed by atoms with E-state index >= 15 is 0 Å². The summed E-state index contributed by atoms with van der Waals surface area (Å²) in [5.41, 5.74) is 1.46. The van der Waals surface area contributed by atoms with Crippen LogP contribution in [-0.2, 0) is 16.9 Å². The fourth-order valence-corrected chi connectivity index (χ4v) is 5.28. The number of nitrogens with one attached hydrogen (secondary N) is 2. The fraction of sp³-hybridized carbons (Fsp3) is 0.333. The highest BCUT2D eigenvalue weighted by Crippen LogP contribution is 2.36. The lowest BCUT2D eigenvalue weighted by Gasteiger charge is -2.21. The van der Waals surface area contributed by atoms with Crippen LogP contribution in [0.5, 0.6) is 0 Å². The maximum absolute atomic E-state index is 12.6. The molecule has 39 heavy (non-hydrogen) atoms. The predicted octanol–water partition coefficient (Wildman–Crippen LogP) is 3.27. The summed E-state index contributed by atoms with van der Waals surface area (Å²) in [4.78, 5) is 40.0. The Hall–Kier alpha value is -4.16. The number of likely N-dealkylation sites (N-methyl/N-ethyl adjacent to an activating group) is 1. The van der Waals surface area contributed by atoms with Gasteiger partial charge in [-0.15, -0.1) is 11.3 Å². The second kappa shape index (κ2) is 10.5. The Morgan fingerprint density at radius 3 is 2.74 bits per heavy atom. The molecular formula is C27H30N8O3S. The average molecular weight is 547 g/mol. The van der Waals surface area contributed by atoms with E-state index in [1.165, 1.54) is 11.3 Å². The molecule has 2 amide bonds. The predicted molar refractivity (Wildman–Crippen MR) is 148 cm³/mol. The van der Waals surface area contributed by atoms with E-state index in [0.29, 0.717) is 59.8 Å². The molecule has 5 rings (SSSR count). The SMILES string of the molecule is CNC(=O)c1cc(Nc2nccc(-c3csc(-c4cccc(C5(O)CCN(C)C5=O)c4)n3)n2)n(CC(C)C)n1. The van der Waals surface area contributed by atoms with E-state index in [9.17, 15) is 14.7 Å². The van der Waals surface area contributed by atoms with Crippen LogP contribution in [0.25, 0.3) is 22.0 Å². The molecule has 0 aliphatic carbocycles. The smallest absolute Gasteiger partial charge is 0.271 e. The van der Waals surface area contributed by atoms with Gasteiger partial charge in [-0.2, -0.15) is 5.10 Å². The minimum atomic E-state index is -1.52. The van der Waals surface area contributed by atoms with E-state index in [0.717, 1.165) is 10.6 Å². The summed E-state index contributed by atoms with van der Waals surface area (Å²) in [7, 11) is 3.26. The number of likely N-dealkylation sites (tertiary alicyclic amines) is 1. The largest absolute Gasteiger partial charge is 0.375 e. The first-order valence-corrected chi connectivity index (χ1v) is 13.5. The quantitative estimate of drug-likeness (QED) is 0.306. The number of anilines is 2. The molecule has 0 bridgehead atoms. The molecular weight excluding hydrogens is 516 g/mol. The van der Waals surface area contributed by atoms with Crippen LogP contribution in [0.2, 0.25) is 0 Å². The number of thiazole rings is 1. The number of carbonyl (C=O) groups excluding carboxylic acids is 2. The average Bonchev–Trinajstić information content (AvgIpc) is 3.64. The third kappa shape index (κ3) is 5.25. The normalized spacial score (nSPS) is 17.2. The fourth-order valence-electron chi connectivity index (χ4n) is 4.47. The molecule has 4 heterocycles. The molecule has 202 valence electrons. The third-order valence-electron chi connectivity index (χ3n) is 6.54. The highest BCUT2D eigenvalue weighted by Gasteiger charge is 2.45. The topological polar surface area (TPSA) is 138 Å². The van der Waals surface area contributed by atoms with Crippen LogP contribution in [0.1, 0.15) is 36.3 Å². The highest BCUT2D eigenvalue weighted by atomic mass is 32.1. The van der Waals surface area contributed by atoms with Crippen LogP contribution < -0.4 is 10.6 Å².